The second kappa shape index (κ2) is 7.04. The minimum Gasteiger partial charge on any atom is -0.497 e. The lowest BCUT2D eigenvalue weighted by atomic mass is 10.2. The van der Waals surface area contributed by atoms with Crippen molar-refractivity contribution in [2.75, 3.05) is 12.8 Å². The summed E-state index contributed by atoms with van der Waals surface area (Å²) in [6.07, 6.45) is -0.768. The maximum absolute atomic E-state index is 12.1. The Bertz CT molecular complexity index is 916. The molecule has 7 nitrogen and oxygen atoms in total. The van der Waals surface area contributed by atoms with Crippen molar-refractivity contribution in [3.8, 4) is 11.5 Å². The topological polar surface area (TPSA) is 102 Å². The third kappa shape index (κ3) is 3.60. The number of nitrogens with two attached hydrogens (primary N) is 1. The minimum atomic E-state index is -0.768. The summed E-state index contributed by atoms with van der Waals surface area (Å²) in [7, 11) is 1.58. The average molecular weight is 338 g/mol. The first kappa shape index (κ1) is 16.5. The fourth-order valence-electron chi connectivity index (χ4n) is 2.35. The zero-order chi connectivity index (χ0) is 17.8. The Balaban J connectivity index is 1.70. The highest BCUT2D eigenvalue weighted by Gasteiger charge is 2.15. The standard InChI is InChI=1S/C18H18N4O3/c1-11(25-13-9-7-12(24-2)8-10-13)18(23)22-21-17-15-6-4-3-5-14(15)16(19)20-17/h3-11,20H,19H2,1-2H3. The molecule has 1 unspecified atom stereocenters. The molecule has 3 aromatic rings. The number of anilines is 1. The Kier molecular flexibility index (Phi) is 4.65. The van der Waals surface area contributed by atoms with Crippen LogP contribution in [-0.2, 0) is 4.79 Å². The van der Waals surface area contributed by atoms with Crippen LogP contribution in [0.1, 0.15) is 6.92 Å². The fourth-order valence-corrected chi connectivity index (χ4v) is 2.35. The van der Waals surface area contributed by atoms with E-state index >= 15 is 0 Å². The number of carbonyl (C=O) groups is 1. The number of aromatic nitrogens is 1. The van der Waals surface area contributed by atoms with E-state index in [2.05, 4.69) is 15.2 Å². The van der Waals surface area contributed by atoms with Crippen LogP contribution >= 0.6 is 0 Å². The molecule has 1 heterocycles. The van der Waals surface area contributed by atoms with Crippen LogP contribution in [0.15, 0.2) is 58.8 Å². The molecule has 0 aliphatic rings. The van der Waals surface area contributed by atoms with Crippen LogP contribution < -0.4 is 15.2 Å². The van der Waals surface area contributed by atoms with Gasteiger partial charge in [-0.3, -0.25) is 4.79 Å². The van der Waals surface area contributed by atoms with E-state index in [1.54, 1.807) is 38.3 Å². The molecule has 7 heteroatoms. The van der Waals surface area contributed by atoms with Crippen LogP contribution in [0.3, 0.4) is 0 Å². The fraction of sp³-hybridized carbons (Fsp3) is 0.167. The Morgan fingerprint density at radius 1 is 1.08 bits per heavy atom. The van der Waals surface area contributed by atoms with E-state index in [1.807, 2.05) is 24.3 Å². The lowest BCUT2D eigenvalue weighted by Crippen LogP contribution is -2.21. The van der Waals surface area contributed by atoms with Gasteiger partial charge in [-0.1, -0.05) is 24.3 Å². The number of methoxy groups -OCH3 is 1. The third-order valence-electron chi connectivity index (χ3n) is 3.69. The SMILES string of the molecule is COc1ccc(OC(C)C(=O)N=Nc2[nH]c(N)c3ccccc23)cc1. The van der Waals surface area contributed by atoms with Gasteiger partial charge in [-0.15, -0.1) is 10.2 Å². The molecule has 0 saturated carbocycles. The van der Waals surface area contributed by atoms with E-state index in [-0.39, 0.29) is 0 Å². The molecule has 0 aliphatic carbocycles. The number of nitrogen functional groups attached to an aromatic ring is 1. The first-order valence-corrected chi connectivity index (χ1v) is 7.71. The van der Waals surface area contributed by atoms with Gasteiger partial charge in [0, 0.05) is 10.8 Å². The molecule has 25 heavy (non-hydrogen) atoms. The zero-order valence-corrected chi connectivity index (χ0v) is 13.9. The van der Waals surface area contributed by atoms with Crippen LogP contribution in [0.5, 0.6) is 11.5 Å². The summed E-state index contributed by atoms with van der Waals surface area (Å²) in [5.41, 5.74) is 5.89. The predicted molar refractivity (Wildman–Crippen MR) is 95.3 cm³/mol. The van der Waals surface area contributed by atoms with E-state index in [1.165, 1.54) is 0 Å². The first-order chi connectivity index (χ1) is 12.1. The molecule has 0 spiro atoms. The summed E-state index contributed by atoms with van der Waals surface area (Å²) in [5, 5.41) is 9.37. The van der Waals surface area contributed by atoms with Crippen molar-refractivity contribution in [1.29, 1.82) is 0 Å². The number of carbonyl (C=O) groups excluding carboxylic acids is 1. The van der Waals surface area contributed by atoms with E-state index in [4.69, 9.17) is 15.2 Å². The Labute approximate surface area is 144 Å². The molecule has 1 atom stereocenters. The van der Waals surface area contributed by atoms with Gasteiger partial charge in [0.05, 0.1) is 7.11 Å². The van der Waals surface area contributed by atoms with Gasteiger partial charge >= 0.3 is 5.91 Å². The first-order valence-electron chi connectivity index (χ1n) is 7.71. The molecule has 3 N–H and O–H groups in total. The van der Waals surface area contributed by atoms with Crippen LogP contribution in [-0.4, -0.2) is 24.1 Å². The minimum absolute atomic E-state index is 0.443. The molecule has 0 radical (unpaired) electrons. The Morgan fingerprint density at radius 2 is 1.72 bits per heavy atom. The van der Waals surface area contributed by atoms with Crippen molar-refractivity contribution >= 4 is 28.3 Å². The monoisotopic (exact) mass is 338 g/mol. The van der Waals surface area contributed by atoms with E-state index < -0.39 is 12.0 Å². The van der Waals surface area contributed by atoms with Crippen molar-refractivity contribution in [3.63, 3.8) is 0 Å². The van der Waals surface area contributed by atoms with Crippen LogP contribution in [0.25, 0.3) is 10.8 Å². The molecule has 2 aromatic carbocycles. The van der Waals surface area contributed by atoms with Gasteiger partial charge in [0.15, 0.2) is 11.9 Å². The number of ether oxygens (including phenoxy) is 2. The molecule has 3 rings (SSSR count). The third-order valence-corrected chi connectivity index (χ3v) is 3.69. The highest BCUT2D eigenvalue weighted by atomic mass is 16.5. The number of rotatable bonds is 5. The van der Waals surface area contributed by atoms with Gasteiger partial charge in [-0.05, 0) is 31.2 Å². The van der Waals surface area contributed by atoms with Crippen molar-refractivity contribution in [2.45, 2.75) is 13.0 Å². The summed E-state index contributed by atoms with van der Waals surface area (Å²) >= 11 is 0. The highest BCUT2D eigenvalue weighted by Crippen LogP contribution is 2.30. The Hall–Kier alpha value is -3.35. The van der Waals surface area contributed by atoms with Crippen molar-refractivity contribution < 1.29 is 14.3 Å². The van der Waals surface area contributed by atoms with Crippen LogP contribution in [0.4, 0.5) is 11.6 Å². The molecular weight excluding hydrogens is 320 g/mol. The number of hydrogen-bond acceptors (Lipinski definition) is 5. The number of amides is 1. The van der Waals surface area contributed by atoms with Gasteiger partial charge in [-0.2, -0.15) is 0 Å². The highest BCUT2D eigenvalue weighted by molar-refractivity contribution is 5.99. The van der Waals surface area contributed by atoms with Gasteiger partial charge < -0.3 is 20.2 Å². The van der Waals surface area contributed by atoms with Crippen LogP contribution in [0.2, 0.25) is 0 Å². The normalized spacial score (nSPS) is 12.4. The van der Waals surface area contributed by atoms with Crippen molar-refractivity contribution in [3.05, 3.63) is 48.5 Å². The molecule has 1 aromatic heterocycles. The maximum Gasteiger partial charge on any atom is 0.304 e. The number of H-pyrrole nitrogens is 1. The summed E-state index contributed by atoms with van der Waals surface area (Å²) in [6.45, 7) is 1.62. The maximum atomic E-state index is 12.1. The van der Waals surface area contributed by atoms with Crippen LogP contribution in [0, 0.1) is 0 Å². The van der Waals surface area contributed by atoms with Gasteiger partial charge in [-0.25, -0.2) is 0 Å². The largest absolute Gasteiger partial charge is 0.497 e. The summed E-state index contributed by atoms with van der Waals surface area (Å²) in [4.78, 5) is 15.1. The number of nitrogens with one attached hydrogen (secondary N) is 1. The molecule has 0 bridgehead atoms. The number of benzene rings is 2. The van der Waals surface area contributed by atoms with Gasteiger partial charge in [0.25, 0.3) is 0 Å². The Morgan fingerprint density at radius 3 is 2.40 bits per heavy atom. The quantitative estimate of drug-likeness (QED) is 0.690. The second-order valence-electron chi connectivity index (χ2n) is 5.41. The number of azo groups is 1. The molecule has 0 aliphatic heterocycles. The molecule has 128 valence electrons. The van der Waals surface area contributed by atoms with Crippen molar-refractivity contribution in [1.82, 2.24) is 4.98 Å². The number of nitrogens with zero attached hydrogens (tertiary/aromatic N) is 2. The molecular formula is C18H18N4O3. The van der Waals surface area contributed by atoms with Crippen molar-refractivity contribution in [2.24, 2.45) is 10.2 Å². The summed E-state index contributed by atoms with van der Waals surface area (Å²) in [5.74, 6) is 1.69. The van der Waals surface area contributed by atoms with Gasteiger partial charge in [0.1, 0.15) is 17.3 Å². The smallest absolute Gasteiger partial charge is 0.304 e. The van der Waals surface area contributed by atoms with E-state index in [0.717, 1.165) is 10.8 Å². The van der Waals surface area contributed by atoms with Gasteiger partial charge in [0.2, 0.25) is 0 Å². The lowest BCUT2D eigenvalue weighted by Gasteiger charge is -2.11. The molecule has 1 amide bonds. The van der Waals surface area contributed by atoms with E-state index in [0.29, 0.717) is 23.1 Å². The summed E-state index contributed by atoms with van der Waals surface area (Å²) in [6, 6.07) is 14.4. The second-order valence-corrected chi connectivity index (χ2v) is 5.41. The number of aromatic amines is 1. The zero-order valence-electron chi connectivity index (χ0n) is 13.9. The number of fused-ring (bicyclic) bond motifs is 1. The predicted octanol–water partition coefficient (Wildman–Crippen LogP) is 3.84. The summed E-state index contributed by atoms with van der Waals surface area (Å²) < 4.78 is 10.6. The number of hydrogen-bond donors (Lipinski definition) is 2. The molecule has 0 fully saturated rings. The van der Waals surface area contributed by atoms with E-state index in [9.17, 15) is 4.79 Å². The molecule has 0 saturated heterocycles. The average Bonchev–Trinajstić information content (AvgIpc) is 2.96. The lowest BCUT2D eigenvalue weighted by molar-refractivity contribution is -0.124.